The van der Waals surface area contributed by atoms with E-state index < -0.39 is 24.2 Å². The fourth-order valence-electron chi connectivity index (χ4n) is 2.76. The van der Waals surface area contributed by atoms with Crippen LogP contribution in [0.2, 0.25) is 0 Å². The molecular weight excluding hydrogens is 280 g/mol. The molecule has 126 valence electrons. The Morgan fingerprint density at radius 3 is 2.00 bits per heavy atom. The van der Waals surface area contributed by atoms with Crippen LogP contribution in [0.15, 0.2) is 30.3 Å². The smallest absolute Gasteiger partial charge is 0.0640 e. The van der Waals surface area contributed by atoms with E-state index in [9.17, 15) is 15.3 Å². The number of hydrogen-bond donors (Lipinski definition) is 4. The molecule has 0 aliphatic carbocycles. The molecule has 0 amide bonds. The molecule has 0 saturated heterocycles. The summed E-state index contributed by atoms with van der Waals surface area (Å²) < 4.78 is 0. The van der Waals surface area contributed by atoms with Gasteiger partial charge in [0.1, 0.15) is 0 Å². The van der Waals surface area contributed by atoms with E-state index in [2.05, 4.69) is 0 Å². The molecule has 1 aromatic rings. The van der Waals surface area contributed by atoms with Gasteiger partial charge in [-0.15, -0.1) is 0 Å². The highest BCUT2D eigenvalue weighted by atomic mass is 16.3. The van der Waals surface area contributed by atoms with E-state index in [-0.39, 0.29) is 18.4 Å². The number of aryl methyl sites for hydroxylation is 1. The first-order valence-electron chi connectivity index (χ1n) is 8.07. The van der Waals surface area contributed by atoms with Crippen molar-refractivity contribution in [2.45, 2.75) is 51.9 Å². The molecule has 0 saturated carbocycles. The number of aliphatic hydroxyl groups is 4. The van der Waals surface area contributed by atoms with E-state index in [0.29, 0.717) is 6.42 Å². The molecule has 22 heavy (non-hydrogen) atoms. The summed E-state index contributed by atoms with van der Waals surface area (Å²) in [6.45, 7) is 5.17. The molecule has 4 heteroatoms. The van der Waals surface area contributed by atoms with Gasteiger partial charge in [0.25, 0.3) is 0 Å². The van der Waals surface area contributed by atoms with E-state index in [1.165, 1.54) is 0 Å². The zero-order chi connectivity index (χ0) is 16.7. The van der Waals surface area contributed by atoms with Gasteiger partial charge < -0.3 is 20.4 Å². The highest BCUT2D eigenvalue weighted by molar-refractivity contribution is 5.14. The molecule has 0 radical (unpaired) electrons. The SMILES string of the molecule is C[C@H]([C@@H](O)[C@H](C)[C@@H](O)[C@H](C)CO)[C@H](O)CCc1ccccc1. The second kappa shape index (κ2) is 9.26. The fourth-order valence-corrected chi connectivity index (χ4v) is 2.76. The Labute approximate surface area is 133 Å². The van der Waals surface area contributed by atoms with Gasteiger partial charge in [0.15, 0.2) is 0 Å². The van der Waals surface area contributed by atoms with E-state index in [1.807, 2.05) is 30.3 Å². The van der Waals surface area contributed by atoms with Crippen molar-refractivity contribution in [3.05, 3.63) is 35.9 Å². The van der Waals surface area contributed by atoms with Crippen LogP contribution in [0.5, 0.6) is 0 Å². The minimum absolute atomic E-state index is 0.122. The first-order chi connectivity index (χ1) is 10.4. The highest BCUT2D eigenvalue weighted by Gasteiger charge is 2.32. The van der Waals surface area contributed by atoms with Gasteiger partial charge in [-0.3, -0.25) is 0 Å². The molecule has 6 atom stereocenters. The van der Waals surface area contributed by atoms with E-state index in [4.69, 9.17) is 5.11 Å². The van der Waals surface area contributed by atoms with E-state index in [1.54, 1.807) is 20.8 Å². The number of benzene rings is 1. The Morgan fingerprint density at radius 2 is 1.45 bits per heavy atom. The fraction of sp³-hybridized carbons (Fsp3) is 0.667. The van der Waals surface area contributed by atoms with Crippen molar-refractivity contribution >= 4 is 0 Å². The van der Waals surface area contributed by atoms with Crippen LogP contribution in [0.1, 0.15) is 32.8 Å². The molecule has 0 bridgehead atoms. The standard InChI is InChI=1S/C18H30O4/c1-12(11-19)17(21)14(3)18(22)13(2)16(20)10-9-15-7-5-4-6-8-15/h4-8,12-14,16-22H,9-11H2,1-3H3/t12-,13+,14-,16-,17+,18-/m1/s1. The van der Waals surface area contributed by atoms with Crippen LogP contribution in [-0.2, 0) is 6.42 Å². The van der Waals surface area contributed by atoms with Crippen molar-refractivity contribution in [2.24, 2.45) is 17.8 Å². The largest absolute Gasteiger partial charge is 0.396 e. The summed E-state index contributed by atoms with van der Waals surface area (Å²) in [6.07, 6.45) is -0.906. The molecule has 4 nitrogen and oxygen atoms in total. The van der Waals surface area contributed by atoms with Gasteiger partial charge in [-0.25, -0.2) is 0 Å². The summed E-state index contributed by atoms with van der Waals surface area (Å²) in [5.74, 6) is -1.03. The minimum atomic E-state index is -0.810. The summed E-state index contributed by atoms with van der Waals surface area (Å²) in [6, 6.07) is 9.92. The molecule has 0 aliphatic heterocycles. The van der Waals surface area contributed by atoms with Crippen LogP contribution >= 0.6 is 0 Å². The first kappa shape index (κ1) is 19.1. The minimum Gasteiger partial charge on any atom is -0.396 e. The van der Waals surface area contributed by atoms with Crippen molar-refractivity contribution in [2.75, 3.05) is 6.61 Å². The zero-order valence-electron chi connectivity index (χ0n) is 13.8. The lowest BCUT2D eigenvalue weighted by Crippen LogP contribution is -2.42. The van der Waals surface area contributed by atoms with Crippen molar-refractivity contribution in [1.82, 2.24) is 0 Å². The lowest BCUT2D eigenvalue weighted by molar-refractivity contribution is -0.0644. The third-order valence-electron chi connectivity index (χ3n) is 4.67. The summed E-state index contributed by atoms with van der Waals surface area (Å²) >= 11 is 0. The van der Waals surface area contributed by atoms with Crippen LogP contribution in [0, 0.1) is 17.8 Å². The molecule has 0 unspecified atom stereocenters. The van der Waals surface area contributed by atoms with Crippen molar-refractivity contribution < 1.29 is 20.4 Å². The summed E-state index contributed by atoms with van der Waals surface area (Å²) in [5, 5.41) is 39.8. The molecule has 0 aromatic heterocycles. The molecule has 0 spiro atoms. The Bertz CT molecular complexity index is 409. The summed E-state index contributed by atoms with van der Waals surface area (Å²) in [5.41, 5.74) is 1.16. The number of hydrogen-bond acceptors (Lipinski definition) is 4. The number of rotatable bonds is 9. The monoisotopic (exact) mass is 310 g/mol. The summed E-state index contributed by atoms with van der Waals surface area (Å²) in [7, 11) is 0. The van der Waals surface area contributed by atoms with E-state index >= 15 is 0 Å². The van der Waals surface area contributed by atoms with Gasteiger partial charge in [-0.2, -0.15) is 0 Å². The third kappa shape index (κ3) is 5.36. The topological polar surface area (TPSA) is 80.9 Å². The van der Waals surface area contributed by atoms with Gasteiger partial charge in [-0.1, -0.05) is 51.1 Å². The van der Waals surface area contributed by atoms with E-state index in [0.717, 1.165) is 12.0 Å². The molecule has 0 heterocycles. The van der Waals surface area contributed by atoms with Gasteiger partial charge in [0, 0.05) is 24.4 Å². The molecule has 0 fully saturated rings. The van der Waals surface area contributed by atoms with Gasteiger partial charge >= 0.3 is 0 Å². The Balaban J connectivity index is 2.52. The third-order valence-corrected chi connectivity index (χ3v) is 4.67. The Hall–Kier alpha value is -0.940. The maximum Gasteiger partial charge on any atom is 0.0640 e. The first-order valence-corrected chi connectivity index (χ1v) is 8.07. The lowest BCUT2D eigenvalue weighted by Gasteiger charge is -2.33. The molecule has 1 rings (SSSR count). The second-order valence-corrected chi connectivity index (χ2v) is 6.45. The van der Waals surface area contributed by atoms with Gasteiger partial charge in [0.2, 0.25) is 0 Å². The normalized spacial score (nSPS) is 20.0. The molecular formula is C18H30O4. The molecule has 0 aliphatic rings. The van der Waals surface area contributed by atoms with Gasteiger partial charge in [-0.05, 0) is 18.4 Å². The number of aliphatic hydroxyl groups excluding tert-OH is 4. The quantitative estimate of drug-likeness (QED) is 0.558. The maximum atomic E-state index is 10.4. The predicted molar refractivity (Wildman–Crippen MR) is 87.4 cm³/mol. The average Bonchev–Trinajstić information content (AvgIpc) is 2.56. The zero-order valence-corrected chi connectivity index (χ0v) is 13.8. The Morgan fingerprint density at radius 1 is 0.864 bits per heavy atom. The molecule has 4 N–H and O–H groups in total. The van der Waals surface area contributed by atoms with Crippen LogP contribution in [0.25, 0.3) is 0 Å². The van der Waals surface area contributed by atoms with Crippen molar-refractivity contribution in [1.29, 1.82) is 0 Å². The van der Waals surface area contributed by atoms with Crippen LogP contribution in [-0.4, -0.2) is 45.3 Å². The highest BCUT2D eigenvalue weighted by Crippen LogP contribution is 2.24. The second-order valence-electron chi connectivity index (χ2n) is 6.45. The summed E-state index contributed by atoms with van der Waals surface area (Å²) in [4.78, 5) is 0. The van der Waals surface area contributed by atoms with Crippen molar-refractivity contribution in [3.8, 4) is 0 Å². The van der Waals surface area contributed by atoms with Gasteiger partial charge in [0.05, 0.1) is 18.3 Å². The Kier molecular flexibility index (Phi) is 8.04. The average molecular weight is 310 g/mol. The lowest BCUT2D eigenvalue weighted by atomic mass is 9.81. The van der Waals surface area contributed by atoms with Crippen molar-refractivity contribution in [3.63, 3.8) is 0 Å². The van der Waals surface area contributed by atoms with Crippen LogP contribution in [0.4, 0.5) is 0 Å². The maximum absolute atomic E-state index is 10.4. The van der Waals surface area contributed by atoms with Crippen LogP contribution < -0.4 is 0 Å². The predicted octanol–water partition coefficient (Wildman–Crippen LogP) is 1.60. The molecule has 1 aromatic carbocycles. The van der Waals surface area contributed by atoms with Crippen LogP contribution in [0.3, 0.4) is 0 Å².